The molecule has 1 saturated carbocycles. The van der Waals surface area contributed by atoms with Crippen LogP contribution in [0.3, 0.4) is 0 Å². The SMILES string of the molecule is Cn1cc(CCC2(N)CC2)cc1Br. The lowest BCUT2D eigenvalue weighted by molar-refractivity contribution is 0.609. The molecule has 1 heterocycles. The Morgan fingerprint density at radius 2 is 2.31 bits per heavy atom. The van der Waals surface area contributed by atoms with E-state index in [1.807, 2.05) is 7.05 Å². The highest BCUT2D eigenvalue weighted by molar-refractivity contribution is 9.10. The quantitative estimate of drug-likeness (QED) is 0.866. The number of aromatic nitrogens is 1. The summed E-state index contributed by atoms with van der Waals surface area (Å²) in [6.45, 7) is 0. The van der Waals surface area contributed by atoms with Gasteiger partial charge in [-0.15, -0.1) is 0 Å². The molecule has 0 unspecified atom stereocenters. The van der Waals surface area contributed by atoms with Gasteiger partial charge in [0.1, 0.15) is 0 Å². The Morgan fingerprint density at radius 1 is 1.62 bits per heavy atom. The van der Waals surface area contributed by atoms with Gasteiger partial charge >= 0.3 is 0 Å². The minimum Gasteiger partial charge on any atom is -0.345 e. The lowest BCUT2D eigenvalue weighted by Crippen LogP contribution is -2.21. The van der Waals surface area contributed by atoms with Gasteiger partial charge in [0, 0.05) is 18.8 Å². The molecule has 0 bridgehead atoms. The fraction of sp³-hybridized carbons (Fsp3) is 0.600. The Bertz CT molecular complexity index is 293. The number of aryl methyl sites for hydroxylation is 2. The van der Waals surface area contributed by atoms with Crippen LogP contribution in [-0.2, 0) is 13.5 Å². The maximum atomic E-state index is 6.02. The molecule has 0 atom stereocenters. The molecule has 13 heavy (non-hydrogen) atoms. The summed E-state index contributed by atoms with van der Waals surface area (Å²) < 4.78 is 3.23. The molecular formula is C10H15BrN2. The molecule has 0 saturated heterocycles. The second-order valence-corrected chi connectivity index (χ2v) is 4.96. The minimum atomic E-state index is 0.183. The molecule has 0 aliphatic heterocycles. The molecule has 0 spiro atoms. The topological polar surface area (TPSA) is 30.9 Å². The Balaban J connectivity index is 1.94. The van der Waals surface area contributed by atoms with Crippen LogP contribution in [0.2, 0.25) is 0 Å². The third-order valence-electron chi connectivity index (χ3n) is 2.80. The van der Waals surface area contributed by atoms with E-state index in [0.29, 0.717) is 0 Å². The summed E-state index contributed by atoms with van der Waals surface area (Å²) in [7, 11) is 2.04. The summed E-state index contributed by atoms with van der Waals surface area (Å²) in [6, 6.07) is 2.17. The zero-order chi connectivity index (χ0) is 9.47. The van der Waals surface area contributed by atoms with Gasteiger partial charge in [-0.2, -0.15) is 0 Å². The van der Waals surface area contributed by atoms with Gasteiger partial charge in [0.2, 0.25) is 0 Å². The fourth-order valence-electron chi connectivity index (χ4n) is 1.54. The Kier molecular flexibility index (Phi) is 2.24. The molecule has 2 rings (SSSR count). The predicted molar refractivity (Wildman–Crippen MR) is 57.6 cm³/mol. The van der Waals surface area contributed by atoms with Crippen LogP contribution < -0.4 is 5.73 Å². The molecule has 1 aliphatic carbocycles. The van der Waals surface area contributed by atoms with Crippen LogP contribution in [0.25, 0.3) is 0 Å². The van der Waals surface area contributed by atoms with Gasteiger partial charge in [0.05, 0.1) is 4.60 Å². The van der Waals surface area contributed by atoms with E-state index in [2.05, 4.69) is 32.8 Å². The van der Waals surface area contributed by atoms with Gasteiger partial charge < -0.3 is 10.3 Å². The average molecular weight is 243 g/mol. The van der Waals surface area contributed by atoms with Crippen LogP contribution in [-0.4, -0.2) is 10.1 Å². The highest BCUT2D eigenvalue weighted by Gasteiger charge is 2.37. The molecule has 2 N–H and O–H groups in total. The van der Waals surface area contributed by atoms with Crippen LogP contribution in [0.4, 0.5) is 0 Å². The lowest BCUT2D eigenvalue weighted by atomic mass is 10.1. The second-order valence-electron chi connectivity index (χ2n) is 4.14. The summed E-state index contributed by atoms with van der Waals surface area (Å²) in [5.74, 6) is 0. The van der Waals surface area contributed by atoms with Crippen molar-refractivity contribution < 1.29 is 0 Å². The molecule has 0 aromatic carbocycles. The van der Waals surface area contributed by atoms with E-state index in [9.17, 15) is 0 Å². The first-order valence-electron chi connectivity index (χ1n) is 4.69. The normalized spacial score (nSPS) is 19.0. The zero-order valence-electron chi connectivity index (χ0n) is 7.89. The highest BCUT2D eigenvalue weighted by atomic mass is 79.9. The number of rotatable bonds is 3. The van der Waals surface area contributed by atoms with Crippen LogP contribution in [0.5, 0.6) is 0 Å². The monoisotopic (exact) mass is 242 g/mol. The number of hydrogen-bond donors (Lipinski definition) is 1. The summed E-state index contributed by atoms with van der Waals surface area (Å²) >= 11 is 3.48. The van der Waals surface area contributed by atoms with Crippen molar-refractivity contribution in [1.82, 2.24) is 4.57 Å². The molecule has 72 valence electrons. The molecule has 1 fully saturated rings. The second kappa shape index (κ2) is 3.14. The summed E-state index contributed by atoms with van der Waals surface area (Å²) in [6.07, 6.45) is 6.82. The van der Waals surface area contributed by atoms with Crippen molar-refractivity contribution in [3.8, 4) is 0 Å². The molecule has 0 radical (unpaired) electrons. The van der Waals surface area contributed by atoms with Crippen molar-refractivity contribution in [1.29, 1.82) is 0 Å². The van der Waals surface area contributed by atoms with Gasteiger partial charge in [-0.05, 0) is 53.2 Å². The van der Waals surface area contributed by atoms with E-state index in [1.54, 1.807) is 0 Å². The first-order valence-corrected chi connectivity index (χ1v) is 5.48. The Hall–Kier alpha value is -0.280. The van der Waals surface area contributed by atoms with Crippen molar-refractivity contribution in [3.63, 3.8) is 0 Å². The number of nitrogens with two attached hydrogens (primary N) is 1. The van der Waals surface area contributed by atoms with Crippen LogP contribution >= 0.6 is 15.9 Å². The van der Waals surface area contributed by atoms with E-state index in [0.717, 1.165) is 17.4 Å². The summed E-state index contributed by atoms with van der Waals surface area (Å²) in [4.78, 5) is 0. The van der Waals surface area contributed by atoms with E-state index in [4.69, 9.17) is 5.73 Å². The van der Waals surface area contributed by atoms with E-state index in [1.165, 1.54) is 18.4 Å². The van der Waals surface area contributed by atoms with Crippen LogP contribution in [0.1, 0.15) is 24.8 Å². The van der Waals surface area contributed by atoms with Crippen molar-refractivity contribution in [2.24, 2.45) is 12.8 Å². The molecule has 2 nitrogen and oxygen atoms in total. The van der Waals surface area contributed by atoms with Crippen molar-refractivity contribution in [2.45, 2.75) is 31.2 Å². The van der Waals surface area contributed by atoms with Gasteiger partial charge in [-0.3, -0.25) is 0 Å². The highest BCUT2D eigenvalue weighted by Crippen LogP contribution is 2.36. The average Bonchev–Trinajstić information content (AvgIpc) is 2.72. The van der Waals surface area contributed by atoms with E-state index < -0.39 is 0 Å². The molecular weight excluding hydrogens is 228 g/mol. The largest absolute Gasteiger partial charge is 0.345 e. The van der Waals surface area contributed by atoms with Gasteiger partial charge in [-0.1, -0.05) is 0 Å². The zero-order valence-corrected chi connectivity index (χ0v) is 9.47. The Morgan fingerprint density at radius 3 is 2.77 bits per heavy atom. The fourth-order valence-corrected chi connectivity index (χ4v) is 1.94. The number of hydrogen-bond acceptors (Lipinski definition) is 1. The van der Waals surface area contributed by atoms with Gasteiger partial charge in [-0.25, -0.2) is 0 Å². The molecule has 3 heteroatoms. The van der Waals surface area contributed by atoms with Crippen molar-refractivity contribution in [2.75, 3.05) is 0 Å². The third-order valence-corrected chi connectivity index (χ3v) is 3.59. The molecule has 1 aliphatic rings. The molecule has 1 aromatic heterocycles. The lowest BCUT2D eigenvalue weighted by Gasteiger charge is -2.05. The molecule has 0 amide bonds. The smallest absolute Gasteiger partial charge is 0.0846 e. The minimum absolute atomic E-state index is 0.183. The van der Waals surface area contributed by atoms with Crippen molar-refractivity contribution in [3.05, 3.63) is 22.4 Å². The Labute approximate surface area is 87.2 Å². The standard InChI is InChI=1S/C10H15BrN2/c1-13-7-8(6-9(13)11)2-3-10(12)4-5-10/h6-7H,2-5,12H2,1H3. The maximum absolute atomic E-state index is 6.02. The predicted octanol–water partition coefficient (Wildman–Crippen LogP) is 2.21. The first kappa shape index (κ1) is 9.28. The summed E-state index contributed by atoms with van der Waals surface area (Å²) in [5, 5.41) is 0. The number of nitrogens with zero attached hydrogens (tertiary/aromatic N) is 1. The van der Waals surface area contributed by atoms with Gasteiger partial charge in [0.15, 0.2) is 0 Å². The van der Waals surface area contributed by atoms with E-state index in [-0.39, 0.29) is 5.54 Å². The van der Waals surface area contributed by atoms with Crippen LogP contribution in [0.15, 0.2) is 16.9 Å². The van der Waals surface area contributed by atoms with Crippen molar-refractivity contribution >= 4 is 15.9 Å². The van der Waals surface area contributed by atoms with E-state index >= 15 is 0 Å². The first-order chi connectivity index (χ1) is 6.09. The molecule has 1 aromatic rings. The van der Waals surface area contributed by atoms with Crippen LogP contribution in [0, 0.1) is 0 Å². The maximum Gasteiger partial charge on any atom is 0.0846 e. The number of halogens is 1. The third kappa shape index (κ3) is 2.15. The van der Waals surface area contributed by atoms with Gasteiger partial charge in [0.25, 0.3) is 0 Å². The summed E-state index contributed by atoms with van der Waals surface area (Å²) in [5.41, 5.74) is 7.58.